The Morgan fingerprint density at radius 2 is 1.44 bits per heavy atom. The van der Waals surface area contributed by atoms with Crippen LogP contribution in [0.3, 0.4) is 0 Å². The lowest BCUT2D eigenvalue weighted by molar-refractivity contribution is 0.597. The van der Waals surface area contributed by atoms with E-state index < -0.39 is 9.84 Å². The van der Waals surface area contributed by atoms with E-state index in [9.17, 15) is 8.42 Å². The molecule has 0 fully saturated rings. The van der Waals surface area contributed by atoms with E-state index in [2.05, 4.69) is 4.98 Å². The third-order valence-corrected chi connectivity index (χ3v) is 6.15. The van der Waals surface area contributed by atoms with Gasteiger partial charge in [0.15, 0.2) is 0 Å². The van der Waals surface area contributed by atoms with Crippen LogP contribution in [0.4, 0.5) is 0 Å². The maximum atomic E-state index is 13.4. The van der Waals surface area contributed by atoms with E-state index in [0.29, 0.717) is 15.5 Å². The highest BCUT2D eigenvalue weighted by molar-refractivity contribution is 7.91. The van der Waals surface area contributed by atoms with Gasteiger partial charge in [0.25, 0.3) is 0 Å². The summed E-state index contributed by atoms with van der Waals surface area (Å²) < 4.78 is 26.8. The van der Waals surface area contributed by atoms with Gasteiger partial charge in [-0.2, -0.15) is 0 Å². The largest absolute Gasteiger partial charge is 0.353 e. The maximum absolute atomic E-state index is 13.4. The molecule has 0 atom stereocenters. The summed E-state index contributed by atoms with van der Waals surface area (Å²) in [6.45, 7) is 1.97. The van der Waals surface area contributed by atoms with Crippen molar-refractivity contribution in [2.75, 3.05) is 0 Å². The van der Waals surface area contributed by atoms with Crippen LogP contribution in [0.5, 0.6) is 0 Å². The van der Waals surface area contributed by atoms with Crippen molar-refractivity contribution in [3.05, 3.63) is 84.4 Å². The van der Waals surface area contributed by atoms with Crippen LogP contribution in [0.25, 0.3) is 22.2 Å². The summed E-state index contributed by atoms with van der Waals surface area (Å²) in [7, 11) is -3.65. The molecule has 1 heterocycles. The molecule has 124 valence electrons. The molecule has 0 saturated heterocycles. The van der Waals surface area contributed by atoms with Crippen LogP contribution < -0.4 is 0 Å². The molecule has 0 aliphatic rings. The second-order valence-electron chi connectivity index (χ2n) is 6.06. The Labute approximate surface area is 146 Å². The van der Waals surface area contributed by atoms with Gasteiger partial charge < -0.3 is 4.98 Å². The van der Waals surface area contributed by atoms with Crippen molar-refractivity contribution >= 4 is 20.7 Å². The summed E-state index contributed by atoms with van der Waals surface area (Å²) >= 11 is 0. The van der Waals surface area contributed by atoms with Gasteiger partial charge in [-0.25, -0.2) is 8.42 Å². The van der Waals surface area contributed by atoms with Crippen LogP contribution in [0.1, 0.15) is 5.56 Å². The summed E-state index contributed by atoms with van der Waals surface area (Å²) in [6.07, 6.45) is 0. The molecule has 1 aromatic heterocycles. The SMILES string of the molecule is Cc1ccc2[nH]c(-c3ccccc3)c(S(=O)(=O)c3ccccc3)c2c1. The number of fused-ring (bicyclic) bond motifs is 1. The van der Waals surface area contributed by atoms with Crippen LogP contribution in [0.15, 0.2) is 88.7 Å². The van der Waals surface area contributed by atoms with Crippen molar-refractivity contribution in [3.8, 4) is 11.3 Å². The second-order valence-corrected chi connectivity index (χ2v) is 7.95. The zero-order valence-electron chi connectivity index (χ0n) is 13.7. The monoisotopic (exact) mass is 347 g/mol. The van der Waals surface area contributed by atoms with Crippen molar-refractivity contribution in [2.45, 2.75) is 16.7 Å². The molecule has 4 aromatic rings. The smallest absolute Gasteiger partial charge is 0.209 e. The van der Waals surface area contributed by atoms with Gasteiger partial charge >= 0.3 is 0 Å². The molecule has 4 rings (SSSR count). The highest BCUT2D eigenvalue weighted by atomic mass is 32.2. The molecule has 0 aliphatic heterocycles. The Hall–Kier alpha value is -2.85. The summed E-state index contributed by atoms with van der Waals surface area (Å²) in [6, 6.07) is 24.0. The van der Waals surface area contributed by atoms with Crippen molar-refractivity contribution in [3.63, 3.8) is 0 Å². The zero-order chi connectivity index (χ0) is 17.4. The number of sulfone groups is 1. The zero-order valence-corrected chi connectivity index (χ0v) is 14.5. The van der Waals surface area contributed by atoms with Crippen molar-refractivity contribution in [1.29, 1.82) is 0 Å². The fourth-order valence-electron chi connectivity index (χ4n) is 3.09. The molecule has 1 N–H and O–H groups in total. The second kappa shape index (κ2) is 5.90. The first-order valence-corrected chi connectivity index (χ1v) is 9.53. The van der Waals surface area contributed by atoms with Crippen LogP contribution in [0.2, 0.25) is 0 Å². The molecule has 3 aromatic carbocycles. The number of hydrogen-bond acceptors (Lipinski definition) is 2. The Morgan fingerprint density at radius 1 is 0.800 bits per heavy atom. The predicted octanol–water partition coefficient (Wildman–Crippen LogP) is 4.98. The molecule has 0 aliphatic carbocycles. The Kier molecular flexibility index (Phi) is 3.70. The molecule has 4 heteroatoms. The molecule has 0 spiro atoms. The Morgan fingerprint density at radius 3 is 2.12 bits per heavy atom. The van der Waals surface area contributed by atoms with Crippen LogP contribution >= 0.6 is 0 Å². The van der Waals surface area contributed by atoms with Crippen molar-refractivity contribution in [1.82, 2.24) is 4.98 Å². The molecule has 0 bridgehead atoms. The third-order valence-electron chi connectivity index (χ3n) is 4.29. The van der Waals surface area contributed by atoms with Gasteiger partial charge in [0.05, 0.1) is 10.6 Å². The van der Waals surface area contributed by atoms with E-state index in [1.54, 1.807) is 24.3 Å². The van der Waals surface area contributed by atoms with Crippen LogP contribution in [-0.4, -0.2) is 13.4 Å². The molecule has 3 nitrogen and oxygen atoms in total. The Balaban J connectivity index is 2.10. The lowest BCUT2D eigenvalue weighted by atomic mass is 10.1. The fraction of sp³-hybridized carbons (Fsp3) is 0.0476. The van der Waals surface area contributed by atoms with Gasteiger partial charge in [-0.3, -0.25) is 0 Å². The molecular weight excluding hydrogens is 330 g/mol. The number of aryl methyl sites for hydroxylation is 1. The van der Waals surface area contributed by atoms with Crippen LogP contribution in [0, 0.1) is 6.92 Å². The van der Waals surface area contributed by atoms with Gasteiger partial charge in [-0.15, -0.1) is 0 Å². The molecular formula is C21H17NO2S. The first-order chi connectivity index (χ1) is 12.1. The van der Waals surface area contributed by atoms with E-state index in [1.807, 2.05) is 61.5 Å². The topological polar surface area (TPSA) is 49.9 Å². The van der Waals surface area contributed by atoms with Gasteiger partial charge in [-0.1, -0.05) is 60.2 Å². The highest BCUT2D eigenvalue weighted by Crippen LogP contribution is 2.37. The number of rotatable bonds is 3. The van der Waals surface area contributed by atoms with E-state index in [4.69, 9.17) is 0 Å². The summed E-state index contributed by atoms with van der Waals surface area (Å²) in [5.74, 6) is 0. The average molecular weight is 347 g/mol. The minimum absolute atomic E-state index is 0.301. The number of hydrogen-bond donors (Lipinski definition) is 1. The summed E-state index contributed by atoms with van der Waals surface area (Å²) in [4.78, 5) is 3.94. The molecule has 0 unspecified atom stereocenters. The van der Waals surface area contributed by atoms with E-state index in [0.717, 1.165) is 22.0 Å². The normalized spacial score (nSPS) is 11.7. The quantitative estimate of drug-likeness (QED) is 0.568. The number of H-pyrrole nitrogens is 1. The van der Waals surface area contributed by atoms with Crippen molar-refractivity contribution < 1.29 is 8.42 Å². The molecule has 0 radical (unpaired) electrons. The Bertz CT molecular complexity index is 1140. The van der Waals surface area contributed by atoms with Crippen molar-refractivity contribution in [2.24, 2.45) is 0 Å². The predicted molar refractivity (Wildman–Crippen MR) is 100 cm³/mol. The number of nitrogens with one attached hydrogen (secondary N) is 1. The third kappa shape index (κ3) is 2.65. The van der Waals surface area contributed by atoms with Crippen LogP contribution in [-0.2, 0) is 9.84 Å². The minimum atomic E-state index is -3.65. The number of aromatic nitrogens is 1. The summed E-state index contributed by atoms with van der Waals surface area (Å²) in [5.41, 5.74) is 3.32. The maximum Gasteiger partial charge on any atom is 0.209 e. The lowest BCUT2D eigenvalue weighted by Gasteiger charge is -2.07. The lowest BCUT2D eigenvalue weighted by Crippen LogP contribution is -2.03. The number of aromatic amines is 1. The molecule has 0 amide bonds. The average Bonchev–Trinajstić information content (AvgIpc) is 3.02. The highest BCUT2D eigenvalue weighted by Gasteiger charge is 2.26. The van der Waals surface area contributed by atoms with Gasteiger partial charge in [0, 0.05) is 10.9 Å². The van der Waals surface area contributed by atoms with Gasteiger partial charge in [0.1, 0.15) is 4.90 Å². The summed E-state index contributed by atoms with van der Waals surface area (Å²) in [5, 5.41) is 0.725. The first kappa shape index (κ1) is 15.7. The van der Waals surface area contributed by atoms with Gasteiger partial charge in [0.2, 0.25) is 9.84 Å². The molecule has 25 heavy (non-hydrogen) atoms. The number of benzene rings is 3. The molecule has 0 saturated carbocycles. The van der Waals surface area contributed by atoms with Gasteiger partial charge in [-0.05, 0) is 36.8 Å². The van der Waals surface area contributed by atoms with E-state index in [-0.39, 0.29) is 0 Å². The minimum Gasteiger partial charge on any atom is -0.353 e. The standard InChI is InChI=1S/C21H17NO2S/c1-15-12-13-19-18(14-15)21(20(22-19)16-8-4-2-5-9-16)25(23,24)17-10-6-3-7-11-17/h2-14,22H,1H3. The fourth-order valence-corrected chi connectivity index (χ4v) is 4.73. The van der Waals surface area contributed by atoms with E-state index in [1.165, 1.54) is 0 Å². The van der Waals surface area contributed by atoms with E-state index >= 15 is 0 Å². The first-order valence-electron chi connectivity index (χ1n) is 8.05.